The van der Waals surface area contributed by atoms with Gasteiger partial charge in [0, 0.05) is 20.1 Å². The van der Waals surface area contributed by atoms with E-state index in [1.807, 2.05) is 7.05 Å². The third-order valence-electron chi connectivity index (χ3n) is 2.21. The number of rotatable bonds is 4. The number of nitrogens with zero attached hydrogens (tertiary/aromatic N) is 2. The van der Waals surface area contributed by atoms with E-state index in [0.717, 1.165) is 18.2 Å². The molecule has 0 aromatic carbocycles. The zero-order valence-corrected chi connectivity index (χ0v) is 11.9. The van der Waals surface area contributed by atoms with Crippen LogP contribution in [0.15, 0.2) is 11.4 Å². The highest BCUT2D eigenvalue weighted by atomic mass is 32.1. The van der Waals surface area contributed by atoms with Gasteiger partial charge in [0.1, 0.15) is 0 Å². The van der Waals surface area contributed by atoms with Crippen LogP contribution < -0.4 is 10.2 Å². The molecule has 0 radical (unpaired) electrons. The molecule has 0 aliphatic rings. The molecule has 1 heterocycles. The van der Waals surface area contributed by atoms with Crippen molar-refractivity contribution in [1.82, 2.24) is 10.2 Å². The van der Waals surface area contributed by atoms with Crippen LogP contribution in [0, 0.1) is 6.92 Å². The van der Waals surface area contributed by atoms with Gasteiger partial charge in [-0.3, -0.25) is 0 Å². The van der Waals surface area contributed by atoms with Crippen LogP contribution in [0.2, 0.25) is 0 Å². The second kappa shape index (κ2) is 6.18. The summed E-state index contributed by atoms with van der Waals surface area (Å²) in [7, 11) is 6.01. The Balaban J connectivity index is 2.75. The average Bonchev–Trinajstić information content (AvgIpc) is 2.64. The molecule has 1 aromatic rings. The van der Waals surface area contributed by atoms with Gasteiger partial charge < -0.3 is 15.1 Å². The summed E-state index contributed by atoms with van der Waals surface area (Å²) in [6.45, 7) is 4.00. The maximum atomic E-state index is 5.32. The molecule has 0 bridgehead atoms. The van der Waals surface area contributed by atoms with Crippen molar-refractivity contribution in [2.45, 2.75) is 6.92 Å². The van der Waals surface area contributed by atoms with E-state index in [9.17, 15) is 0 Å². The molecule has 0 saturated heterocycles. The lowest BCUT2D eigenvalue weighted by Crippen LogP contribution is -2.41. The SMILES string of the molecule is CNC(=S)N(CCN(C)C)c1cc(C)cs1. The zero-order valence-electron chi connectivity index (χ0n) is 10.3. The number of aryl methyl sites for hydroxylation is 1. The quantitative estimate of drug-likeness (QED) is 0.831. The lowest BCUT2D eigenvalue weighted by atomic mass is 10.4. The smallest absolute Gasteiger partial charge is 0.173 e. The molecule has 5 heteroatoms. The molecule has 0 spiro atoms. The van der Waals surface area contributed by atoms with Crippen molar-refractivity contribution in [2.24, 2.45) is 0 Å². The largest absolute Gasteiger partial charge is 0.365 e. The summed E-state index contributed by atoms with van der Waals surface area (Å²) in [6, 6.07) is 2.17. The molecule has 0 saturated carbocycles. The molecule has 0 aliphatic heterocycles. The Kier molecular flexibility index (Phi) is 5.18. The van der Waals surface area contributed by atoms with Crippen molar-refractivity contribution in [3.8, 4) is 0 Å². The molecule has 90 valence electrons. The fraction of sp³-hybridized carbons (Fsp3) is 0.545. The third-order valence-corrected chi connectivity index (χ3v) is 3.71. The van der Waals surface area contributed by atoms with E-state index in [1.54, 1.807) is 11.3 Å². The minimum atomic E-state index is 0.781. The highest BCUT2D eigenvalue weighted by molar-refractivity contribution is 7.80. The van der Waals surface area contributed by atoms with Gasteiger partial charge >= 0.3 is 0 Å². The molecular formula is C11H19N3S2. The van der Waals surface area contributed by atoms with Gasteiger partial charge in [-0.25, -0.2) is 0 Å². The molecule has 0 amide bonds. The van der Waals surface area contributed by atoms with Gasteiger partial charge in [-0.15, -0.1) is 11.3 Å². The van der Waals surface area contributed by atoms with E-state index in [4.69, 9.17) is 12.2 Å². The van der Waals surface area contributed by atoms with Crippen molar-refractivity contribution in [3.05, 3.63) is 17.0 Å². The molecule has 1 rings (SSSR count). The Bertz CT molecular complexity index is 347. The van der Waals surface area contributed by atoms with Crippen LogP contribution >= 0.6 is 23.6 Å². The first-order valence-electron chi connectivity index (χ1n) is 5.23. The van der Waals surface area contributed by atoms with Crippen LogP contribution in [0.3, 0.4) is 0 Å². The summed E-state index contributed by atoms with van der Waals surface area (Å²) in [5, 5.41) is 7.18. The van der Waals surface area contributed by atoms with Gasteiger partial charge in [0.15, 0.2) is 5.11 Å². The first kappa shape index (κ1) is 13.4. The van der Waals surface area contributed by atoms with E-state index in [-0.39, 0.29) is 0 Å². The molecule has 0 atom stereocenters. The monoisotopic (exact) mass is 257 g/mol. The van der Waals surface area contributed by atoms with E-state index in [1.165, 1.54) is 10.6 Å². The molecule has 1 aromatic heterocycles. The normalized spacial score (nSPS) is 10.6. The van der Waals surface area contributed by atoms with Crippen molar-refractivity contribution in [1.29, 1.82) is 0 Å². The highest BCUT2D eigenvalue weighted by Gasteiger charge is 2.12. The Morgan fingerprint density at radius 2 is 2.12 bits per heavy atom. The number of anilines is 1. The van der Waals surface area contributed by atoms with Crippen LogP contribution in [0.4, 0.5) is 5.00 Å². The van der Waals surface area contributed by atoms with E-state index in [2.05, 4.69) is 47.6 Å². The van der Waals surface area contributed by atoms with Gasteiger partial charge in [0.2, 0.25) is 0 Å². The van der Waals surface area contributed by atoms with Gasteiger partial charge in [0.05, 0.1) is 5.00 Å². The fourth-order valence-corrected chi connectivity index (χ4v) is 2.49. The van der Waals surface area contributed by atoms with Crippen LogP contribution in [0.5, 0.6) is 0 Å². The molecule has 16 heavy (non-hydrogen) atoms. The van der Waals surface area contributed by atoms with Crippen molar-refractivity contribution in [2.75, 3.05) is 39.1 Å². The summed E-state index contributed by atoms with van der Waals surface area (Å²) in [4.78, 5) is 4.30. The number of nitrogens with one attached hydrogen (secondary N) is 1. The second-order valence-electron chi connectivity index (χ2n) is 3.97. The van der Waals surface area contributed by atoms with Crippen molar-refractivity contribution in [3.63, 3.8) is 0 Å². The summed E-state index contributed by atoms with van der Waals surface area (Å²) in [6.07, 6.45) is 0. The molecule has 1 N–H and O–H groups in total. The van der Waals surface area contributed by atoms with Crippen molar-refractivity contribution < 1.29 is 0 Å². The van der Waals surface area contributed by atoms with Crippen LogP contribution in [-0.2, 0) is 0 Å². The minimum absolute atomic E-state index is 0.781. The summed E-state index contributed by atoms with van der Waals surface area (Å²) in [5.74, 6) is 0. The lowest BCUT2D eigenvalue weighted by molar-refractivity contribution is 0.420. The number of hydrogen-bond acceptors (Lipinski definition) is 3. The summed E-state index contributed by atoms with van der Waals surface area (Å²) < 4.78 is 0. The van der Waals surface area contributed by atoms with Gasteiger partial charge in [-0.1, -0.05) is 0 Å². The predicted molar refractivity (Wildman–Crippen MR) is 76.6 cm³/mol. The topological polar surface area (TPSA) is 18.5 Å². The van der Waals surface area contributed by atoms with Crippen LogP contribution in [-0.4, -0.2) is 44.2 Å². The number of hydrogen-bond donors (Lipinski definition) is 1. The minimum Gasteiger partial charge on any atom is -0.365 e. The first-order chi connectivity index (χ1) is 7.54. The number of thiophene rings is 1. The Hall–Kier alpha value is -0.650. The maximum Gasteiger partial charge on any atom is 0.173 e. The summed E-state index contributed by atoms with van der Waals surface area (Å²) >= 11 is 7.06. The number of likely N-dealkylation sites (N-methyl/N-ethyl adjacent to an activating group) is 1. The Morgan fingerprint density at radius 1 is 1.44 bits per heavy atom. The highest BCUT2D eigenvalue weighted by Crippen LogP contribution is 2.24. The molecular weight excluding hydrogens is 238 g/mol. The van der Waals surface area contributed by atoms with Crippen LogP contribution in [0.25, 0.3) is 0 Å². The Morgan fingerprint density at radius 3 is 2.56 bits per heavy atom. The predicted octanol–water partition coefficient (Wildman–Crippen LogP) is 1.93. The lowest BCUT2D eigenvalue weighted by Gasteiger charge is -2.24. The summed E-state index contributed by atoms with van der Waals surface area (Å²) in [5.41, 5.74) is 1.29. The van der Waals surface area contributed by atoms with E-state index in [0.29, 0.717) is 0 Å². The average molecular weight is 257 g/mol. The molecule has 0 unspecified atom stereocenters. The maximum absolute atomic E-state index is 5.32. The van der Waals surface area contributed by atoms with Crippen molar-refractivity contribution >= 4 is 33.7 Å². The van der Waals surface area contributed by atoms with Gasteiger partial charge in [0.25, 0.3) is 0 Å². The standard InChI is InChI=1S/C11H19N3S2/c1-9-7-10(16-8-9)14(11(15)12-2)6-5-13(3)4/h7-8H,5-6H2,1-4H3,(H,12,15). The Labute approximate surface area is 107 Å². The second-order valence-corrected chi connectivity index (χ2v) is 5.25. The number of thiocarbonyl (C=S) groups is 1. The molecule has 3 nitrogen and oxygen atoms in total. The first-order valence-corrected chi connectivity index (χ1v) is 6.52. The van der Waals surface area contributed by atoms with E-state index < -0.39 is 0 Å². The van der Waals surface area contributed by atoms with Gasteiger partial charge in [-0.05, 0) is 50.2 Å². The molecule has 0 fully saturated rings. The third kappa shape index (κ3) is 3.73. The van der Waals surface area contributed by atoms with E-state index >= 15 is 0 Å². The molecule has 0 aliphatic carbocycles. The zero-order chi connectivity index (χ0) is 12.1. The van der Waals surface area contributed by atoms with Gasteiger partial charge in [-0.2, -0.15) is 0 Å². The van der Waals surface area contributed by atoms with Crippen LogP contribution in [0.1, 0.15) is 5.56 Å². The fourth-order valence-electron chi connectivity index (χ4n) is 1.30.